The molecule has 4 heteroatoms. The quantitative estimate of drug-likeness (QED) is 0.506. The number of ether oxygens (including phenoxy) is 1. The van der Waals surface area contributed by atoms with E-state index >= 15 is 0 Å². The maximum absolute atomic E-state index is 10.9. The molecule has 0 atom stereocenters. The van der Waals surface area contributed by atoms with Crippen LogP contribution in [0.3, 0.4) is 0 Å². The van der Waals surface area contributed by atoms with Gasteiger partial charge in [0.1, 0.15) is 6.10 Å². The van der Waals surface area contributed by atoms with Crippen molar-refractivity contribution in [2.24, 2.45) is 0 Å². The molecule has 0 bridgehead atoms. The van der Waals surface area contributed by atoms with Gasteiger partial charge in [-0.25, -0.2) is 4.79 Å². The highest BCUT2D eigenvalue weighted by molar-refractivity contribution is 8.82. The van der Waals surface area contributed by atoms with Gasteiger partial charge < -0.3 is 4.74 Å². The van der Waals surface area contributed by atoms with E-state index in [1.54, 1.807) is 13.8 Å². The fraction of sp³-hybridized carbons (Fsp3) is 0.714. The van der Waals surface area contributed by atoms with Crippen LogP contribution in [-0.4, -0.2) is 10.6 Å². The van der Waals surface area contributed by atoms with Crippen LogP contribution in [0.5, 0.6) is 0 Å². The van der Waals surface area contributed by atoms with Crippen LogP contribution in [-0.2, 0) is 4.74 Å². The highest BCUT2D eigenvalue weighted by atomic mass is 33.1. The van der Waals surface area contributed by atoms with E-state index in [0.29, 0.717) is 11.4 Å². The normalized spacial score (nSPS) is 10.7. The Balaban J connectivity index is 3.38. The highest BCUT2D eigenvalue weighted by Gasteiger charge is 2.08. The molecule has 0 unspecified atom stereocenters. The topological polar surface area (TPSA) is 26.3 Å². The fourth-order valence-corrected chi connectivity index (χ4v) is 1.71. The van der Waals surface area contributed by atoms with Crippen molar-refractivity contribution in [3.63, 3.8) is 0 Å². The van der Waals surface area contributed by atoms with Crippen molar-refractivity contribution in [3.05, 3.63) is 6.10 Å². The molecule has 65 valence electrons. The van der Waals surface area contributed by atoms with Gasteiger partial charge in [-0.05, 0) is 13.8 Å². The Bertz CT molecular complexity index is 124. The van der Waals surface area contributed by atoms with Gasteiger partial charge in [-0.3, -0.25) is 0 Å². The Kier molecular flexibility index (Phi) is 5.86. The third-order valence-corrected chi connectivity index (χ3v) is 3.15. The van der Waals surface area contributed by atoms with E-state index in [2.05, 4.69) is 0 Å². The number of rotatable bonds is 3. The van der Waals surface area contributed by atoms with Crippen LogP contribution in [0.1, 0.15) is 27.7 Å². The molecule has 0 saturated carbocycles. The monoisotopic (exact) mass is 193 g/mol. The van der Waals surface area contributed by atoms with Crippen molar-refractivity contribution in [1.29, 1.82) is 0 Å². The Morgan fingerprint density at radius 3 is 2.27 bits per heavy atom. The molecular formula is C7H13O2S2. The number of hydrogen-bond donors (Lipinski definition) is 0. The molecule has 0 saturated heterocycles. The van der Waals surface area contributed by atoms with Gasteiger partial charge in [0.15, 0.2) is 0 Å². The largest absolute Gasteiger partial charge is 0.447 e. The smallest absolute Gasteiger partial charge is 0.378 e. The molecule has 0 aliphatic carbocycles. The molecule has 0 aliphatic rings. The summed E-state index contributed by atoms with van der Waals surface area (Å²) in [5, 5.41) is 0.216. The van der Waals surface area contributed by atoms with E-state index < -0.39 is 0 Å². The summed E-state index contributed by atoms with van der Waals surface area (Å²) in [5.74, 6) is 0. The molecule has 1 radical (unpaired) electrons. The zero-order chi connectivity index (χ0) is 8.85. The second kappa shape index (κ2) is 5.77. The first-order valence-corrected chi connectivity index (χ1v) is 5.59. The molecule has 0 aromatic heterocycles. The lowest BCUT2D eigenvalue weighted by Gasteiger charge is -2.05. The van der Waals surface area contributed by atoms with Crippen molar-refractivity contribution in [1.82, 2.24) is 0 Å². The molecule has 0 spiro atoms. The van der Waals surface area contributed by atoms with E-state index in [1.807, 2.05) is 13.8 Å². The molecule has 2 nitrogen and oxygen atoms in total. The van der Waals surface area contributed by atoms with E-state index in [9.17, 15) is 4.79 Å². The van der Waals surface area contributed by atoms with E-state index in [4.69, 9.17) is 4.74 Å². The van der Waals surface area contributed by atoms with Gasteiger partial charge in [0.2, 0.25) is 0 Å². The Morgan fingerprint density at radius 1 is 1.36 bits per heavy atom. The van der Waals surface area contributed by atoms with Crippen molar-refractivity contribution >= 4 is 26.9 Å². The van der Waals surface area contributed by atoms with Crippen molar-refractivity contribution < 1.29 is 9.53 Å². The maximum atomic E-state index is 10.9. The molecule has 0 aliphatic heterocycles. The summed E-state index contributed by atoms with van der Waals surface area (Å²) < 4.78 is 4.82. The second-order valence-corrected chi connectivity index (χ2v) is 5.20. The number of carbonyl (C=O) groups is 1. The van der Waals surface area contributed by atoms with Crippen LogP contribution in [0.2, 0.25) is 0 Å². The third kappa shape index (κ3) is 8.07. The van der Waals surface area contributed by atoms with Crippen LogP contribution >= 0.6 is 21.6 Å². The van der Waals surface area contributed by atoms with Crippen LogP contribution < -0.4 is 0 Å². The number of hydrogen-bond acceptors (Lipinski definition) is 4. The summed E-state index contributed by atoms with van der Waals surface area (Å²) in [5.41, 5.74) is 0. The van der Waals surface area contributed by atoms with E-state index in [-0.39, 0.29) is 5.30 Å². The van der Waals surface area contributed by atoms with E-state index in [0.717, 1.165) is 10.8 Å². The molecular weight excluding hydrogens is 180 g/mol. The first-order valence-electron chi connectivity index (χ1n) is 3.37. The zero-order valence-electron chi connectivity index (χ0n) is 7.21. The molecule has 0 heterocycles. The lowest BCUT2D eigenvalue weighted by atomic mass is 10.5. The molecule has 0 N–H and O–H groups in total. The summed E-state index contributed by atoms with van der Waals surface area (Å²) >= 11 is 0. The molecule has 0 aromatic carbocycles. The van der Waals surface area contributed by atoms with Crippen LogP contribution in [0, 0.1) is 6.10 Å². The zero-order valence-corrected chi connectivity index (χ0v) is 8.84. The maximum Gasteiger partial charge on any atom is 0.378 e. The van der Waals surface area contributed by atoms with Gasteiger partial charge in [-0.15, -0.1) is 0 Å². The van der Waals surface area contributed by atoms with Crippen molar-refractivity contribution in [3.8, 4) is 0 Å². The van der Waals surface area contributed by atoms with Gasteiger partial charge in [0.05, 0.1) is 0 Å². The SMILES string of the molecule is C[C](C)OC(=O)SSC(C)C. The molecule has 0 rings (SSSR count). The lowest BCUT2D eigenvalue weighted by molar-refractivity contribution is 0.185. The molecule has 0 amide bonds. The van der Waals surface area contributed by atoms with Crippen LogP contribution in [0.4, 0.5) is 4.79 Å². The Morgan fingerprint density at radius 2 is 1.91 bits per heavy atom. The van der Waals surface area contributed by atoms with Crippen molar-refractivity contribution in [2.45, 2.75) is 32.9 Å². The van der Waals surface area contributed by atoms with Crippen molar-refractivity contribution in [2.75, 3.05) is 0 Å². The average molecular weight is 193 g/mol. The second-order valence-electron chi connectivity index (χ2n) is 2.49. The Hall–Kier alpha value is 0.170. The number of carbonyl (C=O) groups excluding carboxylic acids is 1. The Labute approximate surface area is 75.9 Å². The summed E-state index contributed by atoms with van der Waals surface area (Å²) in [4.78, 5) is 10.9. The molecule has 11 heavy (non-hydrogen) atoms. The minimum absolute atomic E-state index is 0.233. The minimum Gasteiger partial charge on any atom is -0.447 e. The lowest BCUT2D eigenvalue weighted by Crippen LogP contribution is -1.98. The predicted octanol–water partition coefficient (Wildman–Crippen LogP) is 3.48. The summed E-state index contributed by atoms with van der Waals surface area (Å²) in [6, 6.07) is 0. The van der Waals surface area contributed by atoms with Gasteiger partial charge in [0.25, 0.3) is 0 Å². The summed E-state index contributed by atoms with van der Waals surface area (Å²) in [6.07, 6.45) is 0.687. The van der Waals surface area contributed by atoms with Gasteiger partial charge in [-0.1, -0.05) is 24.6 Å². The van der Waals surface area contributed by atoms with Gasteiger partial charge in [0, 0.05) is 16.0 Å². The first kappa shape index (κ1) is 11.2. The van der Waals surface area contributed by atoms with Gasteiger partial charge in [-0.2, -0.15) is 0 Å². The standard InChI is InChI=1S/C7H13O2S2/c1-5(2)9-7(8)11-10-6(3)4/h6H,1-4H3. The fourth-order valence-electron chi connectivity index (χ4n) is 0.319. The minimum atomic E-state index is -0.233. The first-order chi connectivity index (χ1) is 5.02. The third-order valence-electron chi connectivity index (χ3n) is 0.596. The predicted molar refractivity (Wildman–Crippen MR) is 51.4 cm³/mol. The van der Waals surface area contributed by atoms with E-state index in [1.165, 1.54) is 10.8 Å². The van der Waals surface area contributed by atoms with Crippen LogP contribution in [0.15, 0.2) is 0 Å². The highest BCUT2D eigenvalue weighted by Crippen LogP contribution is 2.28. The molecule has 0 fully saturated rings. The average Bonchev–Trinajstić information content (AvgIpc) is 1.82. The summed E-state index contributed by atoms with van der Waals surface area (Å²) in [7, 11) is 2.66. The summed E-state index contributed by atoms with van der Waals surface area (Å²) in [6.45, 7) is 7.60. The van der Waals surface area contributed by atoms with Gasteiger partial charge >= 0.3 is 5.30 Å². The molecule has 0 aromatic rings. The van der Waals surface area contributed by atoms with Crippen LogP contribution in [0.25, 0.3) is 0 Å².